The highest BCUT2D eigenvalue weighted by atomic mass is 35.5. The lowest BCUT2D eigenvalue weighted by Crippen LogP contribution is -2.43. The molecule has 0 unspecified atom stereocenters. The van der Waals surface area contributed by atoms with Crippen molar-refractivity contribution in [3.05, 3.63) is 70.1 Å². The molecule has 1 N–H and O–H groups in total. The standard InChI is InChI=1S/C20H18ClNO4S/c1-25-19(23)17(22-20(24)26-11-13-5-3-2-4-6-13)9-14-12-27-18-8-7-15(21)10-16(14)18/h2-8,10,12,17H,9,11H2,1H3,(H,22,24)/t17-/m1/s1. The predicted molar refractivity (Wildman–Crippen MR) is 106 cm³/mol. The van der Waals surface area contributed by atoms with Crippen LogP contribution in [0.1, 0.15) is 11.1 Å². The van der Waals surface area contributed by atoms with Gasteiger partial charge in [0.25, 0.3) is 0 Å². The first-order valence-electron chi connectivity index (χ1n) is 8.27. The zero-order chi connectivity index (χ0) is 19.2. The van der Waals surface area contributed by atoms with Crippen molar-refractivity contribution in [1.82, 2.24) is 5.32 Å². The Kier molecular flexibility index (Phi) is 6.32. The third-order valence-corrected chi connectivity index (χ3v) is 5.28. The molecule has 5 nitrogen and oxygen atoms in total. The first-order chi connectivity index (χ1) is 13.1. The molecule has 0 radical (unpaired) electrons. The Bertz CT molecular complexity index is 942. The summed E-state index contributed by atoms with van der Waals surface area (Å²) in [7, 11) is 1.29. The van der Waals surface area contributed by atoms with Crippen LogP contribution in [0.3, 0.4) is 0 Å². The van der Waals surface area contributed by atoms with Crippen LogP contribution in [0.5, 0.6) is 0 Å². The molecule has 2 aromatic carbocycles. The molecule has 1 atom stereocenters. The second-order valence-corrected chi connectivity index (χ2v) is 7.24. The van der Waals surface area contributed by atoms with Gasteiger partial charge < -0.3 is 14.8 Å². The van der Waals surface area contributed by atoms with E-state index in [0.29, 0.717) is 5.02 Å². The SMILES string of the molecule is COC(=O)[C@@H](Cc1csc2ccc(Cl)cc12)NC(=O)OCc1ccccc1. The molecule has 7 heteroatoms. The molecule has 0 saturated carbocycles. The van der Waals surface area contributed by atoms with Crippen molar-refractivity contribution < 1.29 is 19.1 Å². The molecule has 3 aromatic rings. The van der Waals surface area contributed by atoms with Crippen molar-refractivity contribution in [1.29, 1.82) is 0 Å². The van der Waals surface area contributed by atoms with E-state index in [9.17, 15) is 9.59 Å². The molecule has 0 aliphatic carbocycles. The summed E-state index contributed by atoms with van der Waals surface area (Å²) in [5, 5.41) is 6.12. The highest BCUT2D eigenvalue weighted by Gasteiger charge is 2.24. The lowest BCUT2D eigenvalue weighted by Gasteiger charge is -2.16. The fraction of sp³-hybridized carbons (Fsp3) is 0.200. The quantitative estimate of drug-likeness (QED) is 0.612. The maximum atomic E-state index is 12.1. The average molecular weight is 404 g/mol. The number of amides is 1. The van der Waals surface area contributed by atoms with Crippen LogP contribution in [-0.2, 0) is 27.3 Å². The average Bonchev–Trinajstić information content (AvgIpc) is 3.08. The van der Waals surface area contributed by atoms with Gasteiger partial charge >= 0.3 is 12.1 Å². The van der Waals surface area contributed by atoms with Crippen molar-refractivity contribution >= 4 is 45.1 Å². The van der Waals surface area contributed by atoms with Gasteiger partial charge in [-0.3, -0.25) is 0 Å². The van der Waals surface area contributed by atoms with Crippen molar-refractivity contribution in [3.8, 4) is 0 Å². The molecule has 27 heavy (non-hydrogen) atoms. The Labute approximate surface area is 165 Å². The summed E-state index contributed by atoms with van der Waals surface area (Å²) >= 11 is 7.64. The number of carbonyl (C=O) groups is 2. The monoisotopic (exact) mass is 403 g/mol. The second kappa shape index (κ2) is 8.88. The van der Waals surface area contributed by atoms with Gasteiger partial charge in [-0.2, -0.15) is 0 Å². The topological polar surface area (TPSA) is 64.6 Å². The van der Waals surface area contributed by atoms with E-state index < -0.39 is 18.1 Å². The first kappa shape index (κ1) is 19.2. The largest absolute Gasteiger partial charge is 0.467 e. The molecular formula is C20H18ClNO4S. The van der Waals surface area contributed by atoms with Crippen molar-refractivity contribution in [2.45, 2.75) is 19.1 Å². The molecule has 0 spiro atoms. The van der Waals surface area contributed by atoms with Gasteiger partial charge in [0.15, 0.2) is 0 Å². The number of hydrogen-bond acceptors (Lipinski definition) is 5. The molecule has 0 aliphatic heterocycles. The maximum Gasteiger partial charge on any atom is 0.408 e. The number of methoxy groups -OCH3 is 1. The number of thiophene rings is 1. The molecule has 3 rings (SSSR count). The molecule has 0 aliphatic rings. The fourth-order valence-corrected chi connectivity index (χ4v) is 3.80. The van der Waals surface area contributed by atoms with Crippen molar-refractivity contribution in [3.63, 3.8) is 0 Å². The summed E-state index contributed by atoms with van der Waals surface area (Å²) in [6, 6.07) is 14.1. The van der Waals surface area contributed by atoms with Crippen molar-refractivity contribution in [2.24, 2.45) is 0 Å². The maximum absolute atomic E-state index is 12.1. The Morgan fingerprint density at radius 1 is 1.19 bits per heavy atom. The molecule has 140 valence electrons. The van der Waals surface area contributed by atoms with Crippen LogP contribution in [0.15, 0.2) is 53.9 Å². The Hall–Kier alpha value is -2.57. The van der Waals surface area contributed by atoms with E-state index in [2.05, 4.69) is 5.32 Å². The van der Waals surface area contributed by atoms with Crippen LogP contribution in [0.4, 0.5) is 4.79 Å². The molecule has 0 saturated heterocycles. The van der Waals surface area contributed by atoms with Gasteiger partial charge in [-0.05, 0) is 40.1 Å². The Morgan fingerprint density at radius 3 is 2.70 bits per heavy atom. The van der Waals surface area contributed by atoms with Crippen molar-refractivity contribution in [2.75, 3.05) is 7.11 Å². The minimum absolute atomic E-state index is 0.123. The third kappa shape index (κ3) is 4.99. The normalized spacial score (nSPS) is 11.8. The number of alkyl carbamates (subject to hydrolysis) is 1. The number of ether oxygens (including phenoxy) is 2. The van der Waals surface area contributed by atoms with E-state index >= 15 is 0 Å². The third-order valence-electron chi connectivity index (χ3n) is 4.03. The van der Waals surface area contributed by atoms with Gasteiger partial charge in [-0.25, -0.2) is 9.59 Å². The lowest BCUT2D eigenvalue weighted by atomic mass is 10.1. The summed E-state index contributed by atoms with van der Waals surface area (Å²) in [4.78, 5) is 24.3. The smallest absolute Gasteiger partial charge is 0.408 e. The van der Waals surface area contributed by atoms with E-state index in [1.807, 2.05) is 53.9 Å². The predicted octanol–water partition coefficient (Wildman–Crippen LogP) is 4.57. The Morgan fingerprint density at radius 2 is 1.96 bits per heavy atom. The summed E-state index contributed by atoms with van der Waals surface area (Å²) in [5.74, 6) is -0.534. The molecule has 1 heterocycles. The summed E-state index contributed by atoms with van der Waals surface area (Å²) < 4.78 is 11.1. The van der Waals surface area contributed by atoms with Gasteiger partial charge in [-0.15, -0.1) is 11.3 Å². The molecule has 1 amide bonds. The fourth-order valence-electron chi connectivity index (χ4n) is 2.67. The van der Waals surface area contributed by atoms with E-state index in [-0.39, 0.29) is 13.0 Å². The van der Waals surface area contributed by atoms with Crippen LogP contribution in [0.2, 0.25) is 5.02 Å². The number of benzene rings is 2. The van der Waals surface area contributed by atoms with Gasteiger partial charge in [0.2, 0.25) is 0 Å². The lowest BCUT2D eigenvalue weighted by molar-refractivity contribution is -0.142. The number of carbonyl (C=O) groups excluding carboxylic acids is 2. The van der Waals surface area contributed by atoms with E-state index in [4.69, 9.17) is 21.1 Å². The molecule has 0 fully saturated rings. The first-order valence-corrected chi connectivity index (χ1v) is 9.53. The molecule has 0 bridgehead atoms. The van der Waals surface area contributed by atoms with Crippen LogP contribution >= 0.6 is 22.9 Å². The molecular weight excluding hydrogens is 386 g/mol. The van der Waals surface area contributed by atoms with Gasteiger partial charge in [0.1, 0.15) is 12.6 Å². The highest BCUT2D eigenvalue weighted by molar-refractivity contribution is 7.17. The van der Waals surface area contributed by atoms with E-state index in [0.717, 1.165) is 21.2 Å². The van der Waals surface area contributed by atoms with E-state index in [1.165, 1.54) is 7.11 Å². The molecule has 1 aromatic heterocycles. The number of nitrogens with one attached hydrogen (secondary N) is 1. The number of esters is 1. The van der Waals surface area contributed by atoms with Crippen LogP contribution < -0.4 is 5.32 Å². The second-order valence-electron chi connectivity index (χ2n) is 5.89. The van der Waals surface area contributed by atoms with Gasteiger partial charge in [0.05, 0.1) is 7.11 Å². The van der Waals surface area contributed by atoms with Gasteiger partial charge in [-0.1, -0.05) is 41.9 Å². The zero-order valence-electron chi connectivity index (χ0n) is 14.6. The van der Waals surface area contributed by atoms with Crippen LogP contribution in [-0.4, -0.2) is 25.2 Å². The Balaban J connectivity index is 1.69. The summed E-state index contributed by atoms with van der Waals surface area (Å²) in [6.45, 7) is 0.123. The number of halogens is 1. The highest BCUT2D eigenvalue weighted by Crippen LogP contribution is 2.29. The minimum atomic E-state index is -0.852. The number of fused-ring (bicyclic) bond motifs is 1. The van der Waals surface area contributed by atoms with E-state index in [1.54, 1.807) is 11.3 Å². The summed E-state index contributed by atoms with van der Waals surface area (Å²) in [6.07, 6.45) is -0.389. The van der Waals surface area contributed by atoms with Gasteiger partial charge in [0, 0.05) is 16.1 Å². The van der Waals surface area contributed by atoms with Crippen LogP contribution in [0, 0.1) is 0 Å². The minimum Gasteiger partial charge on any atom is -0.467 e. The number of rotatable bonds is 6. The zero-order valence-corrected chi connectivity index (χ0v) is 16.2. The summed E-state index contributed by atoms with van der Waals surface area (Å²) in [5.41, 5.74) is 1.77. The number of hydrogen-bond donors (Lipinski definition) is 1. The van der Waals surface area contributed by atoms with Crippen LogP contribution in [0.25, 0.3) is 10.1 Å².